The quantitative estimate of drug-likeness (QED) is 0.0491. The fourth-order valence-electron chi connectivity index (χ4n) is 4.81. The summed E-state index contributed by atoms with van der Waals surface area (Å²) in [7, 11) is 5.79. The third-order valence-electron chi connectivity index (χ3n) is 7.51. The molecule has 2 atom stereocenters. The predicted molar refractivity (Wildman–Crippen MR) is 181 cm³/mol. The Morgan fingerprint density at radius 1 is 0.523 bits per heavy atom. The molecule has 0 fully saturated rings. The lowest BCUT2D eigenvalue weighted by Crippen LogP contribution is -2.50. The van der Waals surface area contributed by atoms with Crippen LogP contribution in [0.1, 0.15) is 128 Å². The fraction of sp³-hybridized carbons (Fsp3) is 0.875. The van der Waals surface area contributed by atoms with Gasteiger partial charge in [0, 0.05) is 24.3 Å². The van der Waals surface area contributed by atoms with Gasteiger partial charge in [-0.25, -0.2) is 9.59 Å². The molecule has 0 aliphatic rings. The number of hydrogen-bond donors (Lipinski definition) is 4. The maximum atomic E-state index is 12.4. The Balaban J connectivity index is 4.18. The molecule has 0 saturated carbocycles. The van der Waals surface area contributed by atoms with Crippen LogP contribution in [0.2, 0.25) is 0 Å². The molecule has 0 radical (unpaired) electrons. The number of nitrogens with one attached hydrogen (secondary N) is 2. The Morgan fingerprint density at radius 3 is 1.11 bits per heavy atom. The maximum Gasteiger partial charge on any atom is 0.328 e. The van der Waals surface area contributed by atoms with E-state index in [9.17, 15) is 19.2 Å². The van der Waals surface area contributed by atoms with Gasteiger partial charge in [0.2, 0.25) is 11.8 Å². The van der Waals surface area contributed by atoms with Crippen LogP contribution in [-0.4, -0.2) is 74.7 Å². The molecule has 0 aromatic rings. The van der Waals surface area contributed by atoms with E-state index in [4.69, 9.17) is 9.47 Å². The average molecular weight is 665 g/mol. The topological polar surface area (TPSA) is 166 Å². The predicted octanol–water partition coefficient (Wildman–Crippen LogP) is 3.97. The molecule has 2 amide bonds. The number of hydrogen-bond acceptors (Lipinski definition) is 8. The van der Waals surface area contributed by atoms with Crippen LogP contribution < -0.4 is 22.1 Å². The van der Waals surface area contributed by atoms with E-state index in [0.29, 0.717) is 37.2 Å². The highest BCUT2D eigenvalue weighted by atomic mass is 33.1. The van der Waals surface area contributed by atoms with Crippen LogP contribution >= 0.6 is 21.6 Å². The Hall–Kier alpha value is -1.50. The van der Waals surface area contributed by atoms with Crippen molar-refractivity contribution in [1.29, 1.82) is 0 Å². The minimum Gasteiger partial charge on any atom is -0.467 e. The number of rotatable bonds is 31. The molecule has 0 rings (SSSR count). The van der Waals surface area contributed by atoms with Crippen molar-refractivity contribution in [3.05, 3.63) is 0 Å². The number of carbonyl (C=O) groups excluding carboxylic acids is 4. The second kappa shape index (κ2) is 31.5. The van der Waals surface area contributed by atoms with Crippen LogP contribution in [0.4, 0.5) is 0 Å². The molecule has 2 unspecified atom stereocenters. The molecule has 0 aromatic heterocycles. The average Bonchev–Trinajstić information content (AvgIpc) is 3.02. The van der Waals surface area contributed by atoms with Crippen molar-refractivity contribution in [3.8, 4) is 0 Å². The lowest BCUT2D eigenvalue weighted by molar-refractivity contribution is -0.368. The molecule has 44 heavy (non-hydrogen) atoms. The van der Waals surface area contributed by atoms with E-state index in [-0.39, 0.29) is 11.8 Å². The van der Waals surface area contributed by atoms with Gasteiger partial charge in [-0.3, -0.25) is 9.59 Å². The molecule has 0 aliphatic heterocycles. The minimum atomic E-state index is -0.672. The van der Waals surface area contributed by atoms with Crippen LogP contribution in [0, 0.1) is 0 Å². The number of quaternary nitrogens is 2. The normalized spacial score (nSPS) is 12.4. The van der Waals surface area contributed by atoms with Gasteiger partial charge in [0.25, 0.3) is 0 Å². The summed E-state index contributed by atoms with van der Waals surface area (Å²) in [5.41, 5.74) is 7.74. The Morgan fingerprint density at radius 2 is 0.818 bits per heavy atom. The van der Waals surface area contributed by atoms with Gasteiger partial charge < -0.3 is 31.6 Å². The lowest BCUT2D eigenvalue weighted by Gasteiger charge is -2.17. The molecule has 8 N–H and O–H groups in total. The molecule has 0 spiro atoms. The fourth-order valence-corrected chi connectivity index (χ4v) is 7.00. The van der Waals surface area contributed by atoms with Gasteiger partial charge in [0.15, 0.2) is 0 Å². The third-order valence-corrected chi connectivity index (χ3v) is 9.98. The van der Waals surface area contributed by atoms with Gasteiger partial charge in [0.05, 0.1) is 27.3 Å². The molecular formula is C32H64N4O6S2+2. The minimum absolute atomic E-state index is 0.120. The van der Waals surface area contributed by atoms with Crippen molar-refractivity contribution < 1.29 is 40.1 Å². The zero-order chi connectivity index (χ0) is 32.7. The molecule has 0 aliphatic carbocycles. The van der Waals surface area contributed by atoms with Gasteiger partial charge >= 0.3 is 11.9 Å². The van der Waals surface area contributed by atoms with Gasteiger partial charge in [-0.15, -0.1) is 0 Å². The monoisotopic (exact) mass is 664 g/mol. The van der Waals surface area contributed by atoms with Crippen molar-refractivity contribution in [3.63, 3.8) is 0 Å². The zero-order valence-electron chi connectivity index (χ0n) is 27.8. The lowest BCUT2D eigenvalue weighted by atomic mass is 10.1. The van der Waals surface area contributed by atoms with Crippen molar-refractivity contribution in [2.24, 2.45) is 0 Å². The first-order chi connectivity index (χ1) is 21.4. The van der Waals surface area contributed by atoms with Crippen molar-refractivity contribution in [2.75, 3.05) is 38.8 Å². The zero-order valence-corrected chi connectivity index (χ0v) is 29.4. The van der Waals surface area contributed by atoms with E-state index < -0.39 is 24.0 Å². The van der Waals surface area contributed by atoms with Crippen LogP contribution in [0.15, 0.2) is 0 Å². The third kappa shape index (κ3) is 25.8. The van der Waals surface area contributed by atoms with Gasteiger partial charge in [-0.2, -0.15) is 0 Å². The molecule has 0 heterocycles. The highest BCUT2D eigenvalue weighted by molar-refractivity contribution is 8.76. The standard InChI is InChI=1S/C32H62N4O6S2/c1-41-31(39)27(35-29(37)19-15-11-7-3-5-9-13-17-23-33)21-25-43-44-26-22-28(32(40)42-2)36-30(38)20-16-12-8-4-6-10-14-18-24-34/h27-28H,3-26,33-34H2,1-2H3,(H,35,37)(H,36,38)/p+2. The smallest absolute Gasteiger partial charge is 0.328 e. The van der Waals surface area contributed by atoms with E-state index in [1.54, 1.807) is 21.6 Å². The van der Waals surface area contributed by atoms with Crippen LogP contribution in [0.3, 0.4) is 0 Å². The van der Waals surface area contributed by atoms with E-state index in [2.05, 4.69) is 22.1 Å². The number of esters is 2. The second-order valence-electron chi connectivity index (χ2n) is 11.4. The SMILES string of the molecule is COC(=O)C(CCSSCCC(NC(=O)CCCCCCCCCC[NH3+])C(=O)OC)NC(=O)CCCCCCCCCC[NH3+]. The largest absolute Gasteiger partial charge is 0.467 e. The molecule has 10 nitrogen and oxygen atoms in total. The first-order valence-corrected chi connectivity index (χ1v) is 19.5. The molecular weight excluding hydrogens is 601 g/mol. The molecule has 258 valence electrons. The van der Waals surface area contributed by atoms with Crippen LogP contribution in [0.5, 0.6) is 0 Å². The summed E-state index contributed by atoms with van der Waals surface area (Å²) >= 11 is 0. The van der Waals surface area contributed by atoms with Gasteiger partial charge in [-0.1, -0.05) is 85.8 Å². The van der Waals surface area contributed by atoms with Crippen molar-refractivity contribution in [2.45, 2.75) is 141 Å². The van der Waals surface area contributed by atoms with Gasteiger partial charge in [-0.05, 0) is 51.4 Å². The molecule has 0 bridgehead atoms. The van der Waals surface area contributed by atoms with Crippen molar-refractivity contribution in [1.82, 2.24) is 10.6 Å². The number of unbranched alkanes of at least 4 members (excludes halogenated alkanes) is 14. The highest BCUT2D eigenvalue weighted by Crippen LogP contribution is 2.24. The van der Waals surface area contributed by atoms with Crippen LogP contribution in [0.25, 0.3) is 0 Å². The number of carbonyl (C=O) groups is 4. The summed E-state index contributed by atoms with van der Waals surface area (Å²) in [6.07, 6.45) is 20.0. The maximum absolute atomic E-state index is 12.4. The van der Waals surface area contributed by atoms with E-state index in [1.165, 1.54) is 78.4 Å². The number of methoxy groups -OCH3 is 2. The first kappa shape index (κ1) is 42.5. The molecule has 0 saturated heterocycles. The van der Waals surface area contributed by atoms with E-state index in [0.717, 1.165) is 51.6 Å². The molecule has 12 heteroatoms. The van der Waals surface area contributed by atoms with Crippen LogP contribution in [-0.2, 0) is 28.7 Å². The molecule has 0 aromatic carbocycles. The number of amides is 2. The summed E-state index contributed by atoms with van der Waals surface area (Å²) in [5.74, 6) is 0.137. The summed E-state index contributed by atoms with van der Waals surface area (Å²) in [6.45, 7) is 2.02. The van der Waals surface area contributed by atoms with Gasteiger partial charge in [0.1, 0.15) is 12.1 Å². The Labute approximate surface area is 274 Å². The van der Waals surface area contributed by atoms with Crippen molar-refractivity contribution >= 4 is 45.3 Å². The Bertz CT molecular complexity index is 688. The van der Waals surface area contributed by atoms with E-state index in [1.807, 2.05) is 0 Å². The van der Waals surface area contributed by atoms with E-state index >= 15 is 0 Å². The summed E-state index contributed by atoms with van der Waals surface area (Å²) < 4.78 is 9.79. The summed E-state index contributed by atoms with van der Waals surface area (Å²) in [5, 5.41) is 5.66. The highest BCUT2D eigenvalue weighted by Gasteiger charge is 2.22. The first-order valence-electron chi connectivity index (χ1n) is 17.0. The number of ether oxygens (including phenoxy) is 2. The summed E-state index contributed by atoms with van der Waals surface area (Å²) in [6, 6.07) is -1.34. The Kier molecular flexibility index (Phi) is 30.4. The second-order valence-corrected chi connectivity index (χ2v) is 14.1. The summed E-state index contributed by atoms with van der Waals surface area (Å²) in [4.78, 5) is 49.3.